The molecule has 3 heterocycles. The van der Waals surface area contributed by atoms with Gasteiger partial charge in [-0.15, -0.1) is 0 Å². The van der Waals surface area contributed by atoms with Gasteiger partial charge in [-0.2, -0.15) is 0 Å². The average molecular weight is 473 g/mol. The van der Waals surface area contributed by atoms with Crippen molar-refractivity contribution in [2.45, 2.75) is 38.0 Å². The Labute approximate surface area is 201 Å². The van der Waals surface area contributed by atoms with Gasteiger partial charge >= 0.3 is 5.97 Å². The van der Waals surface area contributed by atoms with Gasteiger partial charge in [0.15, 0.2) is 0 Å². The van der Waals surface area contributed by atoms with Crippen molar-refractivity contribution in [1.82, 2.24) is 15.0 Å². The van der Waals surface area contributed by atoms with Gasteiger partial charge in [-0.3, -0.25) is 0 Å². The molecule has 0 bridgehead atoms. The highest BCUT2D eigenvalue weighted by Gasteiger charge is 2.23. The molecule has 1 aromatic carbocycles. The lowest BCUT2D eigenvalue weighted by atomic mass is 9.90. The molecule has 34 heavy (non-hydrogen) atoms. The molecule has 8 heteroatoms. The SMILES string of the molecule is O=C(O)c1ccc(Nc2cc(Oc3sc(C4CCCCC4)nc3-c3ccccc3)ccn2)nc1. The average Bonchev–Trinajstić information content (AvgIpc) is 3.29. The van der Waals surface area contributed by atoms with E-state index in [1.807, 2.05) is 18.2 Å². The first-order chi connectivity index (χ1) is 16.7. The number of hydrogen-bond acceptors (Lipinski definition) is 7. The molecule has 5 rings (SSSR count). The first-order valence-electron chi connectivity index (χ1n) is 11.3. The summed E-state index contributed by atoms with van der Waals surface area (Å²) in [5, 5.41) is 14.0. The first-order valence-corrected chi connectivity index (χ1v) is 12.1. The summed E-state index contributed by atoms with van der Waals surface area (Å²) in [6.45, 7) is 0. The molecule has 0 amide bonds. The molecule has 0 atom stereocenters. The van der Waals surface area contributed by atoms with Crippen LogP contribution in [0.25, 0.3) is 11.3 Å². The summed E-state index contributed by atoms with van der Waals surface area (Å²) < 4.78 is 6.34. The number of carboxylic acid groups (broad SMARTS) is 1. The van der Waals surface area contributed by atoms with Crippen LogP contribution in [0.15, 0.2) is 67.0 Å². The van der Waals surface area contributed by atoms with E-state index in [2.05, 4.69) is 27.4 Å². The lowest BCUT2D eigenvalue weighted by Gasteiger charge is -2.18. The van der Waals surface area contributed by atoms with Crippen molar-refractivity contribution < 1.29 is 14.6 Å². The predicted molar refractivity (Wildman–Crippen MR) is 132 cm³/mol. The third-order valence-corrected chi connectivity index (χ3v) is 6.92. The van der Waals surface area contributed by atoms with Crippen LogP contribution >= 0.6 is 11.3 Å². The van der Waals surface area contributed by atoms with Crippen molar-refractivity contribution in [2.24, 2.45) is 0 Å². The smallest absolute Gasteiger partial charge is 0.337 e. The highest BCUT2D eigenvalue weighted by molar-refractivity contribution is 7.14. The van der Waals surface area contributed by atoms with Crippen LogP contribution < -0.4 is 10.1 Å². The number of rotatable bonds is 7. The minimum absolute atomic E-state index is 0.128. The number of thiazole rings is 1. The lowest BCUT2D eigenvalue weighted by Crippen LogP contribution is -2.03. The maximum absolute atomic E-state index is 11.0. The second-order valence-electron chi connectivity index (χ2n) is 8.23. The van der Waals surface area contributed by atoms with Crippen molar-refractivity contribution in [1.29, 1.82) is 0 Å². The zero-order chi connectivity index (χ0) is 23.3. The number of pyridine rings is 2. The van der Waals surface area contributed by atoms with Gasteiger partial charge in [0.1, 0.15) is 28.1 Å². The van der Waals surface area contributed by atoms with Crippen molar-refractivity contribution in [2.75, 3.05) is 5.32 Å². The highest BCUT2D eigenvalue weighted by atomic mass is 32.1. The van der Waals surface area contributed by atoms with Crippen LogP contribution in [0.4, 0.5) is 11.6 Å². The van der Waals surface area contributed by atoms with Crippen LogP contribution in [0, 0.1) is 0 Å². The Morgan fingerprint density at radius 3 is 2.56 bits per heavy atom. The fourth-order valence-corrected chi connectivity index (χ4v) is 5.20. The zero-order valence-corrected chi connectivity index (χ0v) is 19.3. The number of hydrogen-bond donors (Lipinski definition) is 2. The summed E-state index contributed by atoms with van der Waals surface area (Å²) in [6.07, 6.45) is 9.13. The molecule has 1 aliphatic carbocycles. The molecular formula is C26H24N4O3S. The Bertz CT molecular complexity index is 1270. The number of carbonyl (C=O) groups is 1. The van der Waals surface area contributed by atoms with E-state index in [0.717, 1.165) is 21.3 Å². The monoisotopic (exact) mass is 472 g/mol. The van der Waals surface area contributed by atoms with Crippen molar-refractivity contribution >= 4 is 28.9 Å². The number of ether oxygens (including phenoxy) is 1. The molecule has 3 aromatic heterocycles. The van der Waals surface area contributed by atoms with Crippen LogP contribution in [-0.4, -0.2) is 26.0 Å². The van der Waals surface area contributed by atoms with E-state index in [9.17, 15) is 4.79 Å². The molecule has 0 unspecified atom stereocenters. The van der Waals surface area contributed by atoms with Gasteiger partial charge in [0, 0.05) is 29.9 Å². The van der Waals surface area contributed by atoms with Gasteiger partial charge in [0.05, 0.1) is 5.56 Å². The van der Waals surface area contributed by atoms with Crippen LogP contribution in [0.3, 0.4) is 0 Å². The number of benzene rings is 1. The molecule has 2 N–H and O–H groups in total. The molecular weight excluding hydrogens is 448 g/mol. The molecule has 0 aliphatic heterocycles. The molecule has 4 aromatic rings. The summed E-state index contributed by atoms with van der Waals surface area (Å²) in [4.78, 5) is 24.5. The summed E-state index contributed by atoms with van der Waals surface area (Å²) >= 11 is 1.63. The summed E-state index contributed by atoms with van der Waals surface area (Å²) in [5.41, 5.74) is 2.03. The van der Waals surface area contributed by atoms with Crippen LogP contribution in [0.5, 0.6) is 10.8 Å². The number of nitrogens with one attached hydrogen (secondary N) is 1. The quantitative estimate of drug-likeness (QED) is 0.302. The molecule has 7 nitrogen and oxygen atoms in total. The molecule has 172 valence electrons. The number of anilines is 2. The Morgan fingerprint density at radius 1 is 1.00 bits per heavy atom. The standard InChI is InChI=1S/C26H24N4O3S/c31-25(32)19-11-12-21(28-16-19)29-22-15-20(13-14-27-22)33-26-23(17-7-3-1-4-8-17)30-24(34-26)18-9-5-2-6-10-18/h1,3-4,7-8,11-16,18H,2,5-6,9-10H2,(H,31,32)(H,27,28,29). The Hall–Kier alpha value is -3.78. The lowest BCUT2D eigenvalue weighted by molar-refractivity contribution is 0.0696. The van der Waals surface area contributed by atoms with E-state index in [4.69, 9.17) is 14.8 Å². The van der Waals surface area contributed by atoms with E-state index in [-0.39, 0.29) is 5.56 Å². The van der Waals surface area contributed by atoms with E-state index in [0.29, 0.717) is 23.3 Å². The third-order valence-electron chi connectivity index (χ3n) is 5.82. The molecule has 0 spiro atoms. The molecule has 0 saturated heterocycles. The van der Waals surface area contributed by atoms with E-state index in [1.165, 1.54) is 44.4 Å². The molecule has 1 aliphatic rings. The highest BCUT2D eigenvalue weighted by Crippen LogP contribution is 2.44. The number of nitrogens with zero attached hydrogens (tertiary/aromatic N) is 3. The minimum atomic E-state index is -1.01. The van der Waals surface area contributed by atoms with E-state index in [1.54, 1.807) is 35.7 Å². The van der Waals surface area contributed by atoms with Gasteiger partial charge in [-0.05, 0) is 31.0 Å². The van der Waals surface area contributed by atoms with Crippen molar-refractivity contribution in [3.63, 3.8) is 0 Å². The zero-order valence-electron chi connectivity index (χ0n) is 18.5. The summed E-state index contributed by atoms with van der Waals surface area (Å²) in [5.74, 6) is 1.16. The van der Waals surface area contributed by atoms with E-state index < -0.39 is 5.97 Å². The van der Waals surface area contributed by atoms with Crippen LogP contribution in [0.2, 0.25) is 0 Å². The fourth-order valence-electron chi connectivity index (χ4n) is 4.07. The number of carboxylic acids is 1. The first kappa shape index (κ1) is 22.0. The summed E-state index contributed by atoms with van der Waals surface area (Å²) in [6, 6.07) is 16.8. The topological polar surface area (TPSA) is 97.2 Å². The van der Waals surface area contributed by atoms with Crippen molar-refractivity contribution in [3.05, 3.63) is 77.6 Å². The van der Waals surface area contributed by atoms with Crippen LogP contribution in [-0.2, 0) is 0 Å². The van der Waals surface area contributed by atoms with Gasteiger partial charge in [-0.25, -0.2) is 19.7 Å². The van der Waals surface area contributed by atoms with Gasteiger partial charge in [-0.1, -0.05) is 60.9 Å². The maximum atomic E-state index is 11.0. The van der Waals surface area contributed by atoms with Gasteiger partial charge in [0.25, 0.3) is 0 Å². The second-order valence-corrected chi connectivity index (χ2v) is 9.22. The Kier molecular flexibility index (Phi) is 6.49. The number of aromatic carboxylic acids is 1. The van der Waals surface area contributed by atoms with Gasteiger partial charge < -0.3 is 15.2 Å². The van der Waals surface area contributed by atoms with Crippen LogP contribution in [0.1, 0.15) is 53.4 Å². The largest absolute Gasteiger partial charge is 0.478 e. The van der Waals surface area contributed by atoms with E-state index >= 15 is 0 Å². The maximum Gasteiger partial charge on any atom is 0.337 e. The predicted octanol–water partition coefficient (Wildman–Crippen LogP) is 6.88. The van der Waals surface area contributed by atoms with Gasteiger partial charge in [0.2, 0.25) is 5.06 Å². The fraction of sp³-hybridized carbons (Fsp3) is 0.231. The number of aromatic nitrogens is 3. The van der Waals surface area contributed by atoms with Crippen molar-refractivity contribution in [3.8, 4) is 22.1 Å². The minimum Gasteiger partial charge on any atom is -0.478 e. The molecule has 1 saturated carbocycles. The Balaban J connectivity index is 1.40. The summed E-state index contributed by atoms with van der Waals surface area (Å²) in [7, 11) is 0. The normalized spacial score (nSPS) is 14.0. The molecule has 0 radical (unpaired) electrons. The second kappa shape index (κ2) is 10.0. The molecule has 1 fully saturated rings. The third kappa shape index (κ3) is 5.07. The Morgan fingerprint density at radius 2 is 1.82 bits per heavy atom.